The Bertz CT molecular complexity index is 1460. The number of rotatable bonds is 7. The number of ether oxygens (including phenoxy) is 2. The largest absolute Gasteiger partial charge is 0.383 e. The fraction of sp³-hybridized carbons (Fsp3) is 0.417. The zero-order valence-electron chi connectivity index (χ0n) is 20.8. The maximum atomic E-state index is 13.5. The molecule has 3 aromatic rings. The summed E-state index contributed by atoms with van der Waals surface area (Å²) in [6.07, 6.45) is 0.962. The van der Waals surface area contributed by atoms with Gasteiger partial charge in [-0.2, -0.15) is 9.61 Å². The molecule has 3 aromatic heterocycles. The third-order valence-corrected chi connectivity index (χ3v) is 6.52. The number of pyridine rings is 1. The molecule has 200 valence electrons. The number of morpholine rings is 1. The molecule has 0 aromatic carbocycles. The molecule has 38 heavy (non-hydrogen) atoms. The Morgan fingerprint density at radius 3 is 2.68 bits per heavy atom. The van der Waals surface area contributed by atoms with Crippen LogP contribution in [0.2, 0.25) is 0 Å². The van der Waals surface area contributed by atoms with Crippen LogP contribution < -0.4 is 10.9 Å². The number of amides is 3. The van der Waals surface area contributed by atoms with Crippen molar-refractivity contribution in [2.45, 2.75) is 26.1 Å². The smallest absolute Gasteiger partial charge is 0.280 e. The molecule has 0 aliphatic carbocycles. The highest BCUT2D eigenvalue weighted by molar-refractivity contribution is 5.99. The number of hydrogen-bond donors (Lipinski definition) is 1. The second kappa shape index (κ2) is 10.3. The van der Waals surface area contributed by atoms with Crippen LogP contribution in [0.15, 0.2) is 29.2 Å². The number of carbonyl (C=O) groups is 3. The molecule has 13 nitrogen and oxygen atoms in total. The Balaban J connectivity index is 1.57. The number of methoxy groups -OCH3 is 1. The van der Waals surface area contributed by atoms with Crippen molar-refractivity contribution in [2.24, 2.45) is 0 Å². The summed E-state index contributed by atoms with van der Waals surface area (Å²) in [5.74, 6) is -1.85. The van der Waals surface area contributed by atoms with E-state index < -0.39 is 23.2 Å². The number of halogens is 1. The summed E-state index contributed by atoms with van der Waals surface area (Å²) >= 11 is 0. The second-order valence-electron chi connectivity index (χ2n) is 9.07. The van der Waals surface area contributed by atoms with Gasteiger partial charge in [-0.3, -0.25) is 19.2 Å². The lowest BCUT2D eigenvalue weighted by molar-refractivity contribution is -0.116. The molecule has 0 spiro atoms. The Labute approximate surface area is 215 Å². The van der Waals surface area contributed by atoms with Crippen molar-refractivity contribution in [2.75, 3.05) is 45.3 Å². The summed E-state index contributed by atoms with van der Waals surface area (Å²) in [6.45, 7) is 3.20. The van der Waals surface area contributed by atoms with Gasteiger partial charge in [0.2, 0.25) is 5.91 Å². The van der Waals surface area contributed by atoms with Crippen LogP contribution in [-0.2, 0) is 27.4 Å². The molecule has 1 fully saturated rings. The van der Waals surface area contributed by atoms with Gasteiger partial charge in [-0.1, -0.05) is 0 Å². The molecule has 5 rings (SSSR count). The van der Waals surface area contributed by atoms with Crippen molar-refractivity contribution >= 4 is 29.2 Å². The number of hydrogen-bond acceptors (Lipinski definition) is 8. The second-order valence-corrected chi connectivity index (χ2v) is 9.07. The van der Waals surface area contributed by atoms with Gasteiger partial charge in [-0.25, -0.2) is 9.37 Å². The first-order chi connectivity index (χ1) is 18.3. The highest BCUT2D eigenvalue weighted by Gasteiger charge is 2.37. The summed E-state index contributed by atoms with van der Waals surface area (Å²) in [6, 6.07) is 3.51. The minimum Gasteiger partial charge on any atom is -0.383 e. The quantitative estimate of drug-likeness (QED) is 0.457. The average molecular weight is 528 g/mol. The minimum absolute atomic E-state index is 0.00120. The molecule has 0 unspecified atom stereocenters. The van der Waals surface area contributed by atoms with Crippen molar-refractivity contribution in [1.82, 2.24) is 29.0 Å². The zero-order valence-corrected chi connectivity index (χ0v) is 20.8. The standard InChI is InChI=1S/C24H26FN7O6/c1-14(13-37-2)30-11-16-21(24(30)36)31(12-19(33)27-18-4-3-15(25)10-26-18)20-9-17(28-32(20)22(16)34)23(35)29-5-7-38-8-6-29/h3-4,9-10,14H,5-8,11-13H2,1-2H3,(H,26,27,33)/t14-/m0/s1. The van der Waals surface area contributed by atoms with E-state index in [1.807, 2.05) is 0 Å². The van der Waals surface area contributed by atoms with Gasteiger partial charge in [0, 0.05) is 26.3 Å². The van der Waals surface area contributed by atoms with E-state index in [1.54, 1.807) is 11.8 Å². The Hall–Kier alpha value is -4.17. The molecular weight excluding hydrogens is 501 g/mol. The van der Waals surface area contributed by atoms with E-state index in [4.69, 9.17) is 9.47 Å². The first-order valence-electron chi connectivity index (χ1n) is 12.0. The normalized spacial score (nSPS) is 16.1. The molecule has 1 atom stereocenters. The van der Waals surface area contributed by atoms with Crippen molar-refractivity contribution in [1.29, 1.82) is 0 Å². The predicted molar refractivity (Wildman–Crippen MR) is 130 cm³/mol. The number of anilines is 1. The van der Waals surface area contributed by atoms with Crippen molar-refractivity contribution in [3.05, 3.63) is 57.5 Å². The third kappa shape index (κ3) is 4.63. The minimum atomic E-state index is -0.574. The fourth-order valence-corrected chi connectivity index (χ4v) is 4.64. The SMILES string of the molecule is COC[C@H](C)N1Cc2c(n(CC(=O)Nc3ccc(F)cn3)c3cc(C(=O)N4CCOCC4)nn3c2=O)C1=O. The fourth-order valence-electron chi connectivity index (χ4n) is 4.64. The monoisotopic (exact) mass is 527 g/mol. The van der Waals surface area contributed by atoms with Crippen LogP contribution in [-0.4, -0.2) is 92.7 Å². The van der Waals surface area contributed by atoms with Crippen LogP contribution in [0.4, 0.5) is 10.2 Å². The van der Waals surface area contributed by atoms with E-state index in [0.29, 0.717) is 26.3 Å². The van der Waals surface area contributed by atoms with Gasteiger partial charge in [0.05, 0.1) is 44.2 Å². The van der Waals surface area contributed by atoms with E-state index in [2.05, 4.69) is 15.4 Å². The molecule has 0 saturated carbocycles. The van der Waals surface area contributed by atoms with Crippen LogP contribution in [0, 0.1) is 5.82 Å². The highest BCUT2D eigenvalue weighted by atomic mass is 19.1. The number of nitrogens with one attached hydrogen (secondary N) is 1. The molecule has 14 heteroatoms. The van der Waals surface area contributed by atoms with Gasteiger partial charge in [0.15, 0.2) is 5.69 Å². The summed E-state index contributed by atoms with van der Waals surface area (Å²) < 4.78 is 26.1. The Morgan fingerprint density at radius 2 is 2.00 bits per heavy atom. The maximum absolute atomic E-state index is 13.5. The third-order valence-electron chi connectivity index (χ3n) is 6.52. The first kappa shape index (κ1) is 25.5. The summed E-state index contributed by atoms with van der Waals surface area (Å²) in [5, 5.41) is 6.83. The molecule has 1 N–H and O–H groups in total. The van der Waals surface area contributed by atoms with E-state index in [-0.39, 0.29) is 60.1 Å². The van der Waals surface area contributed by atoms with Gasteiger partial charge >= 0.3 is 0 Å². The van der Waals surface area contributed by atoms with E-state index in [9.17, 15) is 23.6 Å². The lowest BCUT2D eigenvalue weighted by atomic mass is 10.2. The summed E-state index contributed by atoms with van der Waals surface area (Å²) in [5.41, 5.74) is -0.223. The van der Waals surface area contributed by atoms with Crippen molar-refractivity contribution in [3.63, 3.8) is 0 Å². The van der Waals surface area contributed by atoms with Crippen molar-refractivity contribution < 1.29 is 28.2 Å². The van der Waals surface area contributed by atoms with E-state index in [0.717, 1.165) is 16.8 Å². The molecule has 2 aliphatic heterocycles. The van der Waals surface area contributed by atoms with Crippen LogP contribution in [0.3, 0.4) is 0 Å². The van der Waals surface area contributed by atoms with Gasteiger partial charge in [0.25, 0.3) is 17.4 Å². The molecular formula is C24H26FN7O6. The highest BCUT2D eigenvalue weighted by Crippen LogP contribution is 2.25. The van der Waals surface area contributed by atoms with Gasteiger partial charge in [-0.05, 0) is 19.1 Å². The molecule has 1 saturated heterocycles. The van der Waals surface area contributed by atoms with Crippen LogP contribution >= 0.6 is 0 Å². The summed E-state index contributed by atoms with van der Waals surface area (Å²) in [4.78, 5) is 59.9. The lowest BCUT2D eigenvalue weighted by Crippen LogP contribution is -2.40. The lowest BCUT2D eigenvalue weighted by Gasteiger charge is -2.25. The summed E-state index contributed by atoms with van der Waals surface area (Å²) in [7, 11) is 1.51. The number of fused-ring (bicyclic) bond motifs is 2. The molecule has 0 bridgehead atoms. The number of carbonyl (C=O) groups excluding carboxylic acids is 3. The number of nitrogens with zero attached hydrogens (tertiary/aromatic N) is 6. The Morgan fingerprint density at radius 1 is 1.24 bits per heavy atom. The van der Waals surface area contributed by atoms with Gasteiger partial charge in [0.1, 0.15) is 29.5 Å². The number of aromatic nitrogens is 4. The molecule has 2 aliphatic rings. The first-order valence-corrected chi connectivity index (χ1v) is 12.0. The predicted octanol–water partition coefficient (Wildman–Crippen LogP) is 0.132. The molecule has 0 radical (unpaired) electrons. The van der Waals surface area contributed by atoms with Crippen LogP contribution in [0.5, 0.6) is 0 Å². The molecule has 5 heterocycles. The maximum Gasteiger partial charge on any atom is 0.280 e. The van der Waals surface area contributed by atoms with Crippen molar-refractivity contribution in [3.8, 4) is 0 Å². The average Bonchev–Trinajstić information content (AvgIpc) is 3.51. The van der Waals surface area contributed by atoms with E-state index >= 15 is 0 Å². The van der Waals surface area contributed by atoms with Crippen LogP contribution in [0.1, 0.15) is 33.5 Å². The van der Waals surface area contributed by atoms with Gasteiger partial charge in [-0.15, -0.1) is 0 Å². The van der Waals surface area contributed by atoms with E-state index in [1.165, 1.54) is 28.7 Å². The topological polar surface area (TPSA) is 140 Å². The molecule has 3 amide bonds. The van der Waals surface area contributed by atoms with Crippen LogP contribution in [0.25, 0.3) is 5.65 Å². The Kier molecular flexibility index (Phi) is 6.91. The van der Waals surface area contributed by atoms with Gasteiger partial charge < -0.3 is 29.2 Å². The zero-order chi connectivity index (χ0) is 27.0.